The molecule has 0 saturated heterocycles. The second-order valence-corrected chi connectivity index (χ2v) is 4.27. The molecule has 64 valence electrons. The average Bonchev–Trinajstić information content (AvgIpc) is 2.67. The molecule has 2 saturated carbocycles. The van der Waals surface area contributed by atoms with Crippen molar-refractivity contribution in [2.24, 2.45) is 5.92 Å². The summed E-state index contributed by atoms with van der Waals surface area (Å²) in [5.74, 6) is 0.996. The Hall–Kier alpha value is -0.0400. The van der Waals surface area contributed by atoms with Gasteiger partial charge in [0.1, 0.15) is 0 Å². The molecule has 11 heavy (non-hydrogen) atoms. The zero-order valence-electron chi connectivity index (χ0n) is 7.47. The van der Waals surface area contributed by atoms with Crippen LogP contribution in [0.15, 0.2) is 0 Å². The minimum atomic E-state index is 0.796. The first-order chi connectivity index (χ1) is 5.36. The Balaban J connectivity index is 1.73. The van der Waals surface area contributed by atoms with Crippen molar-refractivity contribution >= 4 is 0 Å². The molecule has 0 amide bonds. The van der Waals surface area contributed by atoms with E-state index < -0.39 is 0 Å². The van der Waals surface area contributed by atoms with Crippen molar-refractivity contribution in [3.8, 4) is 0 Å². The highest BCUT2D eigenvalue weighted by molar-refractivity contribution is 4.87. The summed E-state index contributed by atoms with van der Waals surface area (Å²) in [4.78, 5) is 0. The monoisotopic (exact) mass is 153 g/mol. The molecule has 0 aromatic rings. The van der Waals surface area contributed by atoms with Crippen molar-refractivity contribution in [2.45, 2.75) is 57.5 Å². The van der Waals surface area contributed by atoms with E-state index in [1.54, 1.807) is 0 Å². The van der Waals surface area contributed by atoms with Gasteiger partial charge in [-0.2, -0.15) is 0 Å². The van der Waals surface area contributed by atoms with Gasteiger partial charge in [-0.1, -0.05) is 12.8 Å². The van der Waals surface area contributed by atoms with Gasteiger partial charge in [0.05, 0.1) is 0 Å². The molecule has 1 atom stereocenters. The molecule has 0 spiro atoms. The third-order valence-corrected chi connectivity index (χ3v) is 3.18. The lowest BCUT2D eigenvalue weighted by molar-refractivity contribution is 0.379. The van der Waals surface area contributed by atoms with Crippen LogP contribution in [0.25, 0.3) is 0 Å². The Kier molecular flexibility index (Phi) is 2.17. The highest BCUT2D eigenvalue weighted by Crippen LogP contribution is 2.29. The first-order valence-corrected chi connectivity index (χ1v) is 5.12. The van der Waals surface area contributed by atoms with E-state index in [-0.39, 0.29) is 0 Å². The molecule has 0 aliphatic heterocycles. The topological polar surface area (TPSA) is 12.0 Å². The van der Waals surface area contributed by atoms with Crippen LogP contribution in [0.4, 0.5) is 0 Å². The van der Waals surface area contributed by atoms with E-state index in [9.17, 15) is 0 Å². The van der Waals surface area contributed by atoms with Gasteiger partial charge >= 0.3 is 0 Å². The first kappa shape index (κ1) is 7.60. The van der Waals surface area contributed by atoms with Crippen LogP contribution in [0.1, 0.15) is 45.4 Å². The molecule has 2 aliphatic rings. The Bertz CT molecular complexity index is 123. The van der Waals surface area contributed by atoms with E-state index >= 15 is 0 Å². The molecule has 2 fully saturated rings. The molecule has 0 aromatic carbocycles. The summed E-state index contributed by atoms with van der Waals surface area (Å²) in [6.45, 7) is 2.37. The maximum atomic E-state index is 3.70. The lowest BCUT2D eigenvalue weighted by Crippen LogP contribution is -2.33. The Morgan fingerprint density at radius 1 is 1.09 bits per heavy atom. The average molecular weight is 153 g/mol. The van der Waals surface area contributed by atoms with E-state index in [0.717, 1.165) is 18.0 Å². The maximum absolute atomic E-state index is 3.70. The van der Waals surface area contributed by atoms with Gasteiger partial charge in [0.15, 0.2) is 0 Å². The van der Waals surface area contributed by atoms with Crippen LogP contribution in [0, 0.1) is 5.92 Å². The normalized spacial score (nSPS) is 29.2. The number of hydrogen-bond donors (Lipinski definition) is 1. The predicted octanol–water partition coefficient (Wildman–Crippen LogP) is 2.32. The zero-order chi connectivity index (χ0) is 7.68. The molecule has 0 heterocycles. The summed E-state index contributed by atoms with van der Waals surface area (Å²) in [5, 5.41) is 3.70. The minimum absolute atomic E-state index is 0.796. The Morgan fingerprint density at radius 2 is 1.73 bits per heavy atom. The summed E-state index contributed by atoms with van der Waals surface area (Å²) in [6.07, 6.45) is 8.75. The van der Waals surface area contributed by atoms with E-state index in [0.29, 0.717) is 0 Å². The smallest absolute Gasteiger partial charge is 0.00708 e. The fourth-order valence-electron chi connectivity index (χ4n) is 2.22. The summed E-state index contributed by atoms with van der Waals surface area (Å²) in [7, 11) is 0. The lowest BCUT2D eigenvalue weighted by Gasteiger charge is -2.19. The van der Waals surface area contributed by atoms with Gasteiger partial charge in [-0.05, 0) is 38.5 Å². The number of nitrogens with one attached hydrogen (secondary N) is 1. The van der Waals surface area contributed by atoms with Crippen molar-refractivity contribution in [2.75, 3.05) is 0 Å². The van der Waals surface area contributed by atoms with Gasteiger partial charge in [-0.3, -0.25) is 0 Å². The largest absolute Gasteiger partial charge is 0.311 e. The van der Waals surface area contributed by atoms with E-state index in [1.807, 2.05) is 0 Å². The van der Waals surface area contributed by atoms with Crippen molar-refractivity contribution < 1.29 is 0 Å². The van der Waals surface area contributed by atoms with Gasteiger partial charge < -0.3 is 5.32 Å². The SMILES string of the molecule is C[C@H](NC1CC1)C1CCCC1. The van der Waals surface area contributed by atoms with Gasteiger partial charge in [-0.15, -0.1) is 0 Å². The van der Waals surface area contributed by atoms with Crippen LogP contribution in [0.2, 0.25) is 0 Å². The summed E-state index contributed by atoms with van der Waals surface area (Å²) < 4.78 is 0. The highest BCUT2D eigenvalue weighted by Gasteiger charge is 2.27. The maximum Gasteiger partial charge on any atom is 0.00708 e. The fraction of sp³-hybridized carbons (Fsp3) is 1.00. The molecule has 1 heteroatoms. The van der Waals surface area contributed by atoms with E-state index in [2.05, 4.69) is 12.2 Å². The molecular weight excluding hydrogens is 134 g/mol. The Labute approximate surface area is 69.6 Å². The molecule has 0 radical (unpaired) electrons. The third-order valence-electron chi connectivity index (χ3n) is 3.18. The van der Waals surface area contributed by atoms with Crippen LogP contribution >= 0.6 is 0 Å². The van der Waals surface area contributed by atoms with Gasteiger partial charge in [0.2, 0.25) is 0 Å². The lowest BCUT2D eigenvalue weighted by atomic mass is 10.00. The van der Waals surface area contributed by atoms with Crippen molar-refractivity contribution in [3.05, 3.63) is 0 Å². The first-order valence-electron chi connectivity index (χ1n) is 5.12. The molecule has 1 N–H and O–H groups in total. The van der Waals surface area contributed by atoms with Gasteiger partial charge in [0.25, 0.3) is 0 Å². The molecule has 2 aliphatic carbocycles. The van der Waals surface area contributed by atoms with Crippen LogP contribution in [-0.4, -0.2) is 12.1 Å². The fourth-order valence-corrected chi connectivity index (χ4v) is 2.22. The van der Waals surface area contributed by atoms with Crippen molar-refractivity contribution in [1.29, 1.82) is 0 Å². The third kappa shape index (κ3) is 1.96. The second-order valence-electron chi connectivity index (χ2n) is 4.27. The van der Waals surface area contributed by atoms with Crippen LogP contribution in [0.5, 0.6) is 0 Å². The van der Waals surface area contributed by atoms with Crippen molar-refractivity contribution in [3.63, 3.8) is 0 Å². The highest BCUT2D eigenvalue weighted by atomic mass is 15.0. The molecule has 1 nitrogen and oxygen atoms in total. The minimum Gasteiger partial charge on any atom is -0.311 e. The summed E-state index contributed by atoms with van der Waals surface area (Å²) >= 11 is 0. The zero-order valence-corrected chi connectivity index (χ0v) is 7.47. The standard InChI is InChI=1S/C10H19N/c1-8(11-10-6-7-10)9-4-2-3-5-9/h8-11H,2-7H2,1H3/t8-/m0/s1. The molecule has 2 rings (SSSR count). The molecule has 0 unspecified atom stereocenters. The number of rotatable bonds is 3. The van der Waals surface area contributed by atoms with E-state index in [4.69, 9.17) is 0 Å². The van der Waals surface area contributed by atoms with Gasteiger partial charge in [0, 0.05) is 12.1 Å². The number of hydrogen-bond acceptors (Lipinski definition) is 1. The molecule has 0 aromatic heterocycles. The molecule has 0 bridgehead atoms. The predicted molar refractivity (Wildman–Crippen MR) is 47.6 cm³/mol. The second kappa shape index (κ2) is 3.14. The molecular formula is C10H19N. The van der Waals surface area contributed by atoms with Crippen molar-refractivity contribution in [1.82, 2.24) is 5.32 Å². The Morgan fingerprint density at radius 3 is 2.27 bits per heavy atom. The summed E-state index contributed by atoms with van der Waals surface area (Å²) in [6, 6.07) is 1.69. The quantitative estimate of drug-likeness (QED) is 0.656. The van der Waals surface area contributed by atoms with E-state index in [1.165, 1.54) is 38.5 Å². The summed E-state index contributed by atoms with van der Waals surface area (Å²) in [5.41, 5.74) is 0. The van der Waals surface area contributed by atoms with Crippen LogP contribution in [0.3, 0.4) is 0 Å². The van der Waals surface area contributed by atoms with Gasteiger partial charge in [-0.25, -0.2) is 0 Å². The van der Waals surface area contributed by atoms with Crippen LogP contribution in [-0.2, 0) is 0 Å². The van der Waals surface area contributed by atoms with Crippen LogP contribution < -0.4 is 5.32 Å².